The highest BCUT2D eigenvalue weighted by Crippen LogP contribution is 2.21. The van der Waals surface area contributed by atoms with Gasteiger partial charge in [0.05, 0.1) is 18.2 Å². The maximum Gasteiger partial charge on any atom is 0.257 e. The predicted octanol–water partition coefficient (Wildman–Crippen LogP) is 2.86. The van der Waals surface area contributed by atoms with Gasteiger partial charge in [-0.2, -0.15) is 0 Å². The van der Waals surface area contributed by atoms with Crippen LogP contribution in [0.1, 0.15) is 36.0 Å². The van der Waals surface area contributed by atoms with Crippen LogP contribution in [0.2, 0.25) is 5.02 Å². The normalized spacial score (nSPS) is 20.2. The van der Waals surface area contributed by atoms with E-state index in [1.807, 2.05) is 0 Å². The van der Waals surface area contributed by atoms with Crippen molar-refractivity contribution in [1.82, 2.24) is 4.90 Å². The van der Waals surface area contributed by atoms with Gasteiger partial charge in [-0.05, 0) is 31.0 Å². The molecule has 1 aliphatic rings. The number of hydrogen-bond donors (Lipinski definition) is 1. The second kappa shape index (κ2) is 6.35. The Morgan fingerprint density at radius 1 is 1.42 bits per heavy atom. The second-order valence-corrected chi connectivity index (χ2v) is 5.24. The number of rotatable bonds is 2. The van der Waals surface area contributed by atoms with Crippen molar-refractivity contribution in [3.05, 3.63) is 34.6 Å². The fourth-order valence-corrected chi connectivity index (χ4v) is 2.61. The Morgan fingerprint density at radius 2 is 2.21 bits per heavy atom. The Morgan fingerprint density at radius 3 is 2.89 bits per heavy atom. The molecule has 0 aromatic heterocycles. The van der Waals surface area contributed by atoms with Gasteiger partial charge in [0.15, 0.2) is 0 Å². The molecule has 0 saturated carbocycles. The summed E-state index contributed by atoms with van der Waals surface area (Å²) in [6.45, 7) is 0.479. The molecule has 19 heavy (non-hydrogen) atoms. The molecule has 0 bridgehead atoms. The molecule has 1 unspecified atom stereocenters. The zero-order valence-electron chi connectivity index (χ0n) is 10.6. The first-order valence-corrected chi connectivity index (χ1v) is 6.88. The van der Waals surface area contributed by atoms with Crippen molar-refractivity contribution in [3.63, 3.8) is 0 Å². The van der Waals surface area contributed by atoms with E-state index in [4.69, 9.17) is 11.6 Å². The minimum absolute atomic E-state index is 0.0183. The van der Waals surface area contributed by atoms with E-state index < -0.39 is 5.82 Å². The Hall–Kier alpha value is -1.13. The maximum absolute atomic E-state index is 13.8. The molecule has 104 valence electrons. The van der Waals surface area contributed by atoms with Crippen LogP contribution in [0.3, 0.4) is 0 Å². The van der Waals surface area contributed by atoms with Crippen LogP contribution < -0.4 is 0 Å². The average Bonchev–Trinajstić information content (AvgIpc) is 2.63. The van der Waals surface area contributed by atoms with Gasteiger partial charge >= 0.3 is 0 Å². The van der Waals surface area contributed by atoms with Crippen LogP contribution in [0.4, 0.5) is 4.39 Å². The number of hydrogen-bond acceptors (Lipinski definition) is 2. The highest BCUT2D eigenvalue weighted by Gasteiger charge is 2.27. The third kappa shape index (κ3) is 3.25. The number of benzene rings is 1. The number of aliphatic hydroxyl groups excluding tert-OH is 1. The third-order valence-electron chi connectivity index (χ3n) is 3.51. The number of carbonyl (C=O) groups is 1. The SMILES string of the molecule is O=C(c1ccc(Cl)cc1F)N1CCCCCC1CO. The molecule has 1 atom stereocenters. The van der Waals surface area contributed by atoms with Gasteiger partial charge in [-0.25, -0.2) is 4.39 Å². The average molecular weight is 286 g/mol. The Balaban J connectivity index is 2.25. The summed E-state index contributed by atoms with van der Waals surface area (Å²) in [5.74, 6) is -0.978. The molecule has 1 heterocycles. The van der Waals surface area contributed by atoms with Crippen molar-refractivity contribution < 1.29 is 14.3 Å². The van der Waals surface area contributed by atoms with Crippen molar-refractivity contribution in [2.24, 2.45) is 0 Å². The fourth-order valence-electron chi connectivity index (χ4n) is 2.45. The molecular weight excluding hydrogens is 269 g/mol. The smallest absolute Gasteiger partial charge is 0.257 e. The van der Waals surface area contributed by atoms with Crippen molar-refractivity contribution in [2.75, 3.05) is 13.2 Å². The number of nitrogens with zero attached hydrogens (tertiary/aromatic N) is 1. The molecule has 0 radical (unpaired) electrons. The van der Waals surface area contributed by atoms with E-state index in [1.54, 1.807) is 4.90 Å². The van der Waals surface area contributed by atoms with Gasteiger partial charge in [0.2, 0.25) is 0 Å². The lowest BCUT2D eigenvalue weighted by Crippen LogP contribution is -2.42. The van der Waals surface area contributed by atoms with Gasteiger partial charge in [-0.3, -0.25) is 4.79 Å². The molecule has 1 fully saturated rings. The second-order valence-electron chi connectivity index (χ2n) is 4.81. The summed E-state index contributed by atoms with van der Waals surface area (Å²) in [5.41, 5.74) is 0.0183. The molecule has 3 nitrogen and oxygen atoms in total. The number of halogens is 2. The Bertz CT molecular complexity index is 467. The molecule has 0 aliphatic carbocycles. The number of carbonyl (C=O) groups excluding carboxylic acids is 1. The van der Waals surface area contributed by atoms with E-state index in [-0.39, 0.29) is 29.1 Å². The minimum atomic E-state index is -0.613. The molecule has 1 aliphatic heterocycles. The largest absolute Gasteiger partial charge is 0.394 e. The first-order valence-electron chi connectivity index (χ1n) is 6.50. The van der Waals surface area contributed by atoms with Gasteiger partial charge in [0.25, 0.3) is 5.91 Å². The van der Waals surface area contributed by atoms with Crippen LogP contribution in [0, 0.1) is 5.82 Å². The molecule has 1 saturated heterocycles. The van der Waals surface area contributed by atoms with Crippen LogP contribution >= 0.6 is 11.6 Å². The maximum atomic E-state index is 13.8. The highest BCUT2D eigenvalue weighted by atomic mass is 35.5. The van der Waals surface area contributed by atoms with E-state index in [0.29, 0.717) is 6.54 Å². The first-order chi connectivity index (χ1) is 9.13. The lowest BCUT2D eigenvalue weighted by Gasteiger charge is -2.28. The molecule has 1 N–H and O–H groups in total. The van der Waals surface area contributed by atoms with Crippen molar-refractivity contribution in [1.29, 1.82) is 0 Å². The van der Waals surface area contributed by atoms with Crippen molar-refractivity contribution in [2.45, 2.75) is 31.7 Å². The highest BCUT2D eigenvalue weighted by molar-refractivity contribution is 6.30. The molecule has 1 amide bonds. The zero-order chi connectivity index (χ0) is 13.8. The summed E-state index contributed by atoms with van der Waals surface area (Å²) < 4.78 is 13.8. The number of aliphatic hydroxyl groups is 1. The lowest BCUT2D eigenvalue weighted by atomic mass is 10.1. The third-order valence-corrected chi connectivity index (χ3v) is 3.75. The van der Waals surface area contributed by atoms with Crippen LogP contribution in [0.15, 0.2) is 18.2 Å². The van der Waals surface area contributed by atoms with E-state index >= 15 is 0 Å². The monoisotopic (exact) mass is 285 g/mol. The molecule has 2 rings (SSSR count). The van der Waals surface area contributed by atoms with E-state index in [1.165, 1.54) is 12.1 Å². The van der Waals surface area contributed by atoms with Crippen LogP contribution in [-0.4, -0.2) is 35.1 Å². The van der Waals surface area contributed by atoms with E-state index in [2.05, 4.69) is 0 Å². The summed E-state index contributed by atoms with van der Waals surface area (Å²) in [4.78, 5) is 14.0. The van der Waals surface area contributed by atoms with Gasteiger partial charge in [-0.1, -0.05) is 24.4 Å². The molecular formula is C14H17ClFNO2. The zero-order valence-corrected chi connectivity index (χ0v) is 11.4. The van der Waals surface area contributed by atoms with Crippen molar-refractivity contribution >= 4 is 17.5 Å². The van der Waals surface area contributed by atoms with Crippen LogP contribution in [0.25, 0.3) is 0 Å². The predicted molar refractivity (Wildman–Crippen MR) is 71.8 cm³/mol. The minimum Gasteiger partial charge on any atom is -0.394 e. The topological polar surface area (TPSA) is 40.5 Å². The summed E-state index contributed by atoms with van der Waals surface area (Å²) >= 11 is 5.68. The Labute approximate surface area is 117 Å². The quantitative estimate of drug-likeness (QED) is 0.908. The molecule has 5 heteroatoms. The van der Waals surface area contributed by atoms with Gasteiger partial charge < -0.3 is 10.0 Å². The Kier molecular flexibility index (Phi) is 4.77. The summed E-state index contributed by atoms with van der Waals surface area (Å²) in [6, 6.07) is 3.83. The number of amides is 1. The molecule has 1 aromatic carbocycles. The summed E-state index contributed by atoms with van der Waals surface area (Å²) in [5, 5.41) is 9.65. The van der Waals surface area contributed by atoms with Crippen molar-refractivity contribution in [3.8, 4) is 0 Å². The lowest BCUT2D eigenvalue weighted by molar-refractivity contribution is 0.0595. The summed E-state index contributed by atoms with van der Waals surface area (Å²) in [6.07, 6.45) is 3.66. The van der Waals surface area contributed by atoms with Gasteiger partial charge in [-0.15, -0.1) is 0 Å². The summed E-state index contributed by atoms with van der Waals surface area (Å²) in [7, 11) is 0. The fraction of sp³-hybridized carbons (Fsp3) is 0.500. The molecule has 0 spiro atoms. The van der Waals surface area contributed by atoms with Crippen LogP contribution in [-0.2, 0) is 0 Å². The van der Waals surface area contributed by atoms with Gasteiger partial charge in [0, 0.05) is 11.6 Å². The number of likely N-dealkylation sites (tertiary alicyclic amines) is 1. The van der Waals surface area contributed by atoms with Gasteiger partial charge in [0.1, 0.15) is 5.82 Å². The van der Waals surface area contributed by atoms with Crippen LogP contribution in [0.5, 0.6) is 0 Å². The molecule has 1 aromatic rings. The standard InChI is InChI=1S/C14H17ClFNO2/c15-10-5-6-12(13(16)8-10)14(19)17-7-3-1-2-4-11(17)9-18/h5-6,8,11,18H,1-4,7,9H2. The first kappa shape index (κ1) is 14.3. The van der Waals surface area contributed by atoms with E-state index in [0.717, 1.165) is 31.7 Å². The van der Waals surface area contributed by atoms with E-state index in [9.17, 15) is 14.3 Å².